The van der Waals surface area contributed by atoms with Crippen LogP contribution in [0.4, 0.5) is 0 Å². The van der Waals surface area contributed by atoms with E-state index in [-0.39, 0.29) is 11.8 Å². The van der Waals surface area contributed by atoms with Crippen LogP contribution in [-0.4, -0.2) is 39.4 Å². The minimum absolute atomic E-state index is 0.123. The second kappa shape index (κ2) is 6.48. The highest BCUT2D eigenvalue weighted by molar-refractivity contribution is 5.94. The first-order chi connectivity index (χ1) is 11.1. The van der Waals surface area contributed by atoms with Crippen LogP contribution in [0.2, 0.25) is 0 Å². The van der Waals surface area contributed by atoms with Crippen molar-refractivity contribution in [3.05, 3.63) is 65.5 Å². The molecule has 0 spiro atoms. The molecule has 4 atom stereocenters. The number of aliphatic hydroxyl groups excluding tert-OH is 2. The summed E-state index contributed by atoms with van der Waals surface area (Å²) in [6.45, 7) is 1.99. The molecule has 1 heterocycles. The van der Waals surface area contributed by atoms with Gasteiger partial charge in [-0.1, -0.05) is 24.3 Å². The number of aryl methyl sites for hydroxylation is 1. The van der Waals surface area contributed by atoms with Crippen molar-refractivity contribution < 1.29 is 15.0 Å². The molecule has 0 unspecified atom stereocenters. The quantitative estimate of drug-likeness (QED) is 0.800. The van der Waals surface area contributed by atoms with Gasteiger partial charge in [-0.15, -0.1) is 0 Å². The first kappa shape index (κ1) is 15.6. The summed E-state index contributed by atoms with van der Waals surface area (Å²) in [5, 5.41) is 23.2. The van der Waals surface area contributed by atoms with E-state index in [0.29, 0.717) is 12.0 Å². The van der Waals surface area contributed by atoms with Gasteiger partial charge in [0, 0.05) is 18.3 Å². The van der Waals surface area contributed by atoms with Gasteiger partial charge in [-0.3, -0.25) is 9.78 Å². The number of hydrogen-bond acceptors (Lipinski definition) is 4. The van der Waals surface area contributed by atoms with Crippen LogP contribution in [0.1, 0.15) is 33.8 Å². The molecule has 0 saturated heterocycles. The van der Waals surface area contributed by atoms with Crippen molar-refractivity contribution >= 4 is 5.91 Å². The van der Waals surface area contributed by atoms with Crippen molar-refractivity contribution in [1.82, 2.24) is 10.3 Å². The van der Waals surface area contributed by atoms with Crippen LogP contribution in [0, 0.1) is 6.92 Å². The minimum atomic E-state index is -0.986. The molecular weight excluding hydrogens is 292 g/mol. The molecule has 5 heteroatoms. The molecule has 5 nitrogen and oxygen atoms in total. The molecule has 0 radical (unpaired) electrons. The maximum Gasteiger partial charge on any atom is 0.253 e. The second-order valence-corrected chi connectivity index (χ2v) is 6.00. The molecule has 2 aromatic rings. The molecule has 1 aromatic heterocycles. The molecule has 1 aliphatic rings. The smallest absolute Gasteiger partial charge is 0.253 e. The molecule has 120 valence electrons. The van der Waals surface area contributed by atoms with Crippen LogP contribution in [0.5, 0.6) is 0 Å². The lowest BCUT2D eigenvalue weighted by Crippen LogP contribution is -2.45. The van der Waals surface area contributed by atoms with E-state index in [2.05, 4.69) is 10.3 Å². The first-order valence-corrected chi connectivity index (χ1v) is 7.70. The number of aromatic nitrogens is 1. The summed E-state index contributed by atoms with van der Waals surface area (Å²) in [4.78, 5) is 16.3. The van der Waals surface area contributed by atoms with E-state index in [4.69, 9.17) is 0 Å². The fraction of sp³-hybridized carbons (Fsp3) is 0.333. The average molecular weight is 312 g/mol. The van der Waals surface area contributed by atoms with Crippen molar-refractivity contribution in [3.8, 4) is 0 Å². The van der Waals surface area contributed by atoms with Gasteiger partial charge in [0.05, 0.1) is 17.7 Å². The van der Waals surface area contributed by atoms with Gasteiger partial charge in [0.15, 0.2) is 0 Å². The highest BCUT2D eigenvalue weighted by atomic mass is 16.3. The summed E-state index contributed by atoms with van der Waals surface area (Å²) in [5.41, 5.74) is 2.56. The highest BCUT2D eigenvalue weighted by Gasteiger charge is 2.43. The van der Waals surface area contributed by atoms with Crippen LogP contribution in [0.3, 0.4) is 0 Å². The molecule has 1 aromatic carbocycles. The number of nitrogens with one attached hydrogen (secondary N) is 1. The van der Waals surface area contributed by atoms with Crippen LogP contribution in [0.15, 0.2) is 48.8 Å². The largest absolute Gasteiger partial charge is 0.390 e. The van der Waals surface area contributed by atoms with Crippen LogP contribution in [0.25, 0.3) is 0 Å². The zero-order chi connectivity index (χ0) is 16.4. The van der Waals surface area contributed by atoms with Crippen molar-refractivity contribution in [2.45, 2.75) is 37.5 Å². The number of hydrogen-bond donors (Lipinski definition) is 3. The third-order valence-corrected chi connectivity index (χ3v) is 4.50. The Labute approximate surface area is 135 Å². The Hall–Kier alpha value is -2.24. The molecule has 0 aliphatic heterocycles. The number of amides is 1. The Morgan fingerprint density at radius 3 is 2.70 bits per heavy atom. The van der Waals surface area contributed by atoms with Crippen molar-refractivity contribution in [2.75, 3.05) is 0 Å². The lowest BCUT2D eigenvalue weighted by molar-refractivity contribution is 0.0294. The Morgan fingerprint density at radius 1 is 1.22 bits per heavy atom. The monoisotopic (exact) mass is 312 g/mol. The highest BCUT2D eigenvalue weighted by Crippen LogP contribution is 2.36. The lowest BCUT2D eigenvalue weighted by atomic mass is 9.90. The molecule has 3 N–H and O–H groups in total. The Morgan fingerprint density at radius 2 is 2.00 bits per heavy atom. The van der Waals surface area contributed by atoms with E-state index in [1.54, 1.807) is 18.3 Å². The maximum atomic E-state index is 12.4. The predicted octanol–water partition coefficient (Wildman–Crippen LogP) is 1.40. The average Bonchev–Trinajstić information content (AvgIpc) is 2.84. The number of benzene rings is 1. The van der Waals surface area contributed by atoms with E-state index < -0.39 is 18.2 Å². The number of pyridine rings is 1. The van der Waals surface area contributed by atoms with Gasteiger partial charge in [0.1, 0.15) is 6.10 Å². The van der Waals surface area contributed by atoms with E-state index in [1.165, 1.54) is 6.20 Å². The van der Waals surface area contributed by atoms with E-state index in [1.807, 2.05) is 31.2 Å². The maximum absolute atomic E-state index is 12.4. The summed E-state index contributed by atoms with van der Waals surface area (Å²) < 4.78 is 0. The third-order valence-electron chi connectivity index (χ3n) is 4.50. The first-order valence-electron chi connectivity index (χ1n) is 7.70. The summed E-state index contributed by atoms with van der Waals surface area (Å²) in [6.07, 6.45) is 1.67. The van der Waals surface area contributed by atoms with Crippen LogP contribution in [-0.2, 0) is 0 Å². The number of aliphatic hydroxyl groups is 2. The summed E-state index contributed by atoms with van der Waals surface area (Å²) in [6, 6.07) is 10.7. The normalized spacial score (nSPS) is 26.9. The van der Waals surface area contributed by atoms with Gasteiger partial charge in [0.2, 0.25) is 0 Å². The molecule has 3 rings (SSSR count). The zero-order valence-electron chi connectivity index (χ0n) is 12.9. The summed E-state index contributed by atoms with van der Waals surface area (Å²) in [5.74, 6) is -0.420. The van der Waals surface area contributed by atoms with Crippen LogP contribution >= 0.6 is 0 Å². The zero-order valence-corrected chi connectivity index (χ0v) is 12.9. The van der Waals surface area contributed by atoms with E-state index in [0.717, 1.165) is 11.1 Å². The molecule has 0 bridgehead atoms. The number of carbonyl (C=O) groups is 1. The number of carbonyl (C=O) groups excluding carboxylic acids is 1. The van der Waals surface area contributed by atoms with E-state index in [9.17, 15) is 15.0 Å². The predicted molar refractivity (Wildman–Crippen MR) is 86.0 cm³/mol. The van der Waals surface area contributed by atoms with Gasteiger partial charge >= 0.3 is 0 Å². The van der Waals surface area contributed by atoms with Crippen molar-refractivity contribution in [2.24, 2.45) is 0 Å². The second-order valence-electron chi connectivity index (χ2n) is 6.00. The van der Waals surface area contributed by atoms with Gasteiger partial charge in [0.25, 0.3) is 5.91 Å². The number of nitrogens with zero attached hydrogens (tertiary/aromatic N) is 1. The lowest BCUT2D eigenvalue weighted by Gasteiger charge is -2.25. The fourth-order valence-corrected chi connectivity index (χ4v) is 3.26. The Bertz CT molecular complexity index is 690. The van der Waals surface area contributed by atoms with E-state index >= 15 is 0 Å². The molecule has 1 amide bonds. The van der Waals surface area contributed by atoms with Gasteiger partial charge in [-0.05, 0) is 36.6 Å². The van der Waals surface area contributed by atoms with Gasteiger partial charge in [-0.25, -0.2) is 0 Å². The molecule has 1 aliphatic carbocycles. The molecule has 23 heavy (non-hydrogen) atoms. The molecular formula is C18H20N2O3. The molecule has 1 fully saturated rings. The van der Waals surface area contributed by atoms with Gasteiger partial charge in [-0.2, -0.15) is 0 Å². The SMILES string of the molecule is Cc1ccccc1[C@H]1C[C@@H](O)[C@@H](O)[C@@H]1NC(=O)c1cccnc1. The third kappa shape index (κ3) is 3.11. The van der Waals surface area contributed by atoms with Crippen molar-refractivity contribution in [3.63, 3.8) is 0 Å². The fourth-order valence-electron chi connectivity index (χ4n) is 3.26. The Kier molecular flexibility index (Phi) is 4.41. The van der Waals surface area contributed by atoms with Crippen LogP contribution < -0.4 is 5.32 Å². The molecule has 1 saturated carbocycles. The summed E-state index contributed by atoms with van der Waals surface area (Å²) in [7, 11) is 0. The minimum Gasteiger partial charge on any atom is -0.390 e. The van der Waals surface area contributed by atoms with Crippen molar-refractivity contribution in [1.29, 1.82) is 0 Å². The summed E-state index contributed by atoms with van der Waals surface area (Å²) >= 11 is 0. The standard InChI is InChI=1S/C18H20N2O3/c1-11-5-2-3-7-13(11)14-9-15(21)17(22)16(14)20-18(23)12-6-4-8-19-10-12/h2-8,10,14-17,21-22H,9H2,1H3,(H,20,23)/t14-,15-,16-,17-/m1/s1. The van der Waals surface area contributed by atoms with Gasteiger partial charge < -0.3 is 15.5 Å². The topological polar surface area (TPSA) is 82.5 Å². The Balaban J connectivity index is 1.86. The number of rotatable bonds is 3.